The summed E-state index contributed by atoms with van der Waals surface area (Å²) in [5.41, 5.74) is 6.07. The zero-order valence-electron chi connectivity index (χ0n) is 8.60. The molecule has 15 heavy (non-hydrogen) atoms. The van der Waals surface area contributed by atoms with Crippen LogP contribution in [0.25, 0.3) is 0 Å². The first-order chi connectivity index (χ1) is 7.24. The quantitative estimate of drug-likeness (QED) is 0.782. The van der Waals surface area contributed by atoms with Crippen LogP contribution in [0.3, 0.4) is 0 Å². The molecule has 0 spiro atoms. The van der Waals surface area contributed by atoms with E-state index in [1.165, 1.54) is 6.07 Å². The first kappa shape index (κ1) is 12.6. The zero-order chi connectivity index (χ0) is 11.1. The summed E-state index contributed by atoms with van der Waals surface area (Å²) in [7, 11) is 0. The maximum absolute atomic E-state index is 13.3. The Hall–Kier alpha value is -0.450. The standard InChI is InChI=1S/C11H16BrFN2/c12-10-4-3-9(11(13)7-10)8-15-6-2-1-5-14/h3-4,7,15H,1-2,5-6,8,14H2. The number of benzene rings is 1. The van der Waals surface area contributed by atoms with Crippen LogP contribution in [0, 0.1) is 5.82 Å². The molecule has 1 aromatic rings. The fourth-order valence-electron chi connectivity index (χ4n) is 1.28. The summed E-state index contributed by atoms with van der Waals surface area (Å²) in [6, 6.07) is 5.12. The van der Waals surface area contributed by atoms with Crippen molar-refractivity contribution in [1.82, 2.24) is 5.32 Å². The lowest BCUT2D eigenvalue weighted by Gasteiger charge is -2.05. The minimum absolute atomic E-state index is 0.171. The number of halogens is 2. The predicted molar refractivity (Wildman–Crippen MR) is 64.1 cm³/mol. The fourth-order valence-corrected chi connectivity index (χ4v) is 1.62. The Morgan fingerprint density at radius 2 is 2.13 bits per heavy atom. The first-order valence-electron chi connectivity index (χ1n) is 5.08. The largest absolute Gasteiger partial charge is 0.330 e. The van der Waals surface area contributed by atoms with Crippen LogP contribution in [-0.4, -0.2) is 13.1 Å². The van der Waals surface area contributed by atoms with Crippen LogP contribution >= 0.6 is 15.9 Å². The fraction of sp³-hybridized carbons (Fsp3) is 0.455. The molecule has 0 aromatic heterocycles. The molecule has 0 aliphatic heterocycles. The Balaban J connectivity index is 2.31. The molecular formula is C11H16BrFN2. The molecule has 0 saturated heterocycles. The van der Waals surface area contributed by atoms with Gasteiger partial charge in [-0.3, -0.25) is 0 Å². The average molecular weight is 275 g/mol. The van der Waals surface area contributed by atoms with Gasteiger partial charge in [-0.05, 0) is 38.1 Å². The van der Waals surface area contributed by atoms with Gasteiger partial charge in [0, 0.05) is 16.6 Å². The van der Waals surface area contributed by atoms with E-state index in [2.05, 4.69) is 21.2 Å². The van der Waals surface area contributed by atoms with Crippen molar-refractivity contribution in [3.05, 3.63) is 34.1 Å². The third-order valence-corrected chi connectivity index (χ3v) is 2.63. The lowest BCUT2D eigenvalue weighted by atomic mass is 10.2. The van der Waals surface area contributed by atoms with Gasteiger partial charge in [-0.1, -0.05) is 22.0 Å². The summed E-state index contributed by atoms with van der Waals surface area (Å²) in [5.74, 6) is -0.171. The van der Waals surface area contributed by atoms with Crippen LogP contribution < -0.4 is 11.1 Å². The van der Waals surface area contributed by atoms with Crippen LogP contribution in [0.1, 0.15) is 18.4 Å². The molecule has 0 radical (unpaired) electrons. The maximum Gasteiger partial charge on any atom is 0.128 e. The molecule has 0 unspecified atom stereocenters. The zero-order valence-corrected chi connectivity index (χ0v) is 10.2. The lowest BCUT2D eigenvalue weighted by molar-refractivity contribution is 0.576. The van der Waals surface area contributed by atoms with E-state index < -0.39 is 0 Å². The van der Waals surface area contributed by atoms with E-state index in [0.29, 0.717) is 18.7 Å². The highest BCUT2D eigenvalue weighted by Crippen LogP contribution is 2.14. The average Bonchev–Trinajstić information content (AvgIpc) is 2.20. The minimum atomic E-state index is -0.171. The van der Waals surface area contributed by atoms with Gasteiger partial charge in [0.05, 0.1) is 0 Å². The molecule has 3 N–H and O–H groups in total. The second-order valence-electron chi connectivity index (χ2n) is 3.41. The molecule has 0 aliphatic rings. The van der Waals surface area contributed by atoms with Crippen LogP contribution in [0.2, 0.25) is 0 Å². The maximum atomic E-state index is 13.3. The number of nitrogens with two attached hydrogens (primary N) is 1. The molecule has 1 rings (SSSR count). The van der Waals surface area contributed by atoms with Gasteiger partial charge in [0.15, 0.2) is 0 Å². The van der Waals surface area contributed by atoms with Crippen molar-refractivity contribution in [2.24, 2.45) is 5.73 Å². The van der Waals surface area contributed by atoms with E-state index in [1.54, 1.807) is 6.07 Å². The molecule has 4 heteroatoms. The second kappa shape index (κ2) is 6.93. The van der Waals surface area contributed by atoms with Crippen molar-refractivity contribution in [2.75, 3.05) is 13.1 Å². The number of hydrogen-bond donors (Lipinski definition) is 2. The summed E-state index contributed by atoms with van der Waals surface area (Å²) in [6.07, 6.45) is 2.05. The molecule has 2 nitrogen and oxygen atoms in total. The predicted octanol–water partition coefficient (Wildman–Crippen LogP) is 2.42. The SMILES string of the molecule is NCCCCNCc1ccc(Br)cc1F. The molecule has 0 aliphatic carbocycles. The van der Waals surface area contributed by atoms with Crippen LogP contribution in [0.4, 0.5) is 4.39 Å². The van der Waals surface area contributed by atoms with Crippen molar-refractivity contribution >= 4 is 15.9 Å². The highest BCUT2D eigenvalue weighted by atomic mass is 79.9. The van der Waals surface area contributed by atoms with Gasteiger partial charge in [0.1, 0.15) is 5.82 Å². The second-order valence-corrected chi connectivity index (χ2v) is 4.32. The Morgan fingerprint density at radius 3 is 2.80 bits per heavy atom. The number of nitrogens with one attached hydrogen (secondary N) is 1. The van der Waals surface area contributed by atoms with Crippen molar-refractivity contribution in [1.29, 1.82) is 0 Å². The summed E-state index contributed by atoms with van der Waals surface area (Å²) in [4.78, 5) is 0. The molecule has 0 atom stereocenters. The number of unbranched alkanes of at least 4 members (excludes halogenated alkanes) is 1. The van der Waals surface area contributed by atoms with E-state index in [9.17, 15) is 4.39 Å². The molecule has 1 aromatic carbocycles. The van der Waals surface area contributed by atoms with Gasteiger partial charge in [0.2, 0.25) is 0 Å². The summed E-state index contributed by atoms with van der Waals surface area (Å²) in [6.45, 7) is 2.17. The van der Waals surface area contributed by atoms with Gasteiger partial charge >= 0.3 is 0 Å². The number of rotatable bonds is 6. The molecule has 0 heterocycles. The Morgan fingerprint density at radius 1 is 1.33 bits per heavy atom. The molecule has 0 bridgehead atoms. The topological polar surface area (TPSA) is 38.0 Å². The Bertz CT molecular complexity index is 305. The highest BCUT2D eigenvalue weighted by molar-refractivity contribution is 9.10. The summed E-state index contributed by atoms with van der Waals surface area (Å²) < 4.78 is 14.1. The van der Waals surface area contributed by atoms with Crippen molar-refractivity contribution in [2.45, 2.75) is 19.4 Å². The van der Waals surface area contributed by atoms with E-state index in [-0.39, 0.29) is 5.82 Å². The van der Waals surface area contributed by atoms with E-state index >= 15 is 0 Å². The Labute approximate surface area is 98.2 Å². The Kier molecular flexibility index (Phi) is 5.83. The molecule has 0 saturated carbocycles. The van der Waals surface area contributed by atoms with E-state index in [4.69, 9.17) is 5.73 Å². The molecule has 0 amide bonds. The third kappa shape index (κ3) is 4.73. The molecule has 84 valence electrons. The van der Waals surface area contributed by atoms with Crippen molar-refractivity contribution in [3.63, 3.8) is 0 Å². The van der Waals surface area contributed by atoms with Gasteiger partial charge in [-0.2, -0.15) is 0 Å². The monoisotopic (exact) mass is 274 g/mol. The van der Waals surface area contributed by atoms with Gasteiger partial charge in [0.25, 0.3) is 0 Å². The van der Waals surface area contributed by atoms with Crippen molar-refractivity contribution in [3.8, 4) is 0 Å². The number of hydrogen-bond acceptors (Lipinski definition) is 2. The van der Waals surface area contributed by atoms with Crippen LogP contribution in [0.5, 0.6) is 0 Å². The third-order valence-electron chi connectivity index (χ3n) is 2.14. The van der Waals surface area contributed by atoms with Crippen LogP contribution in [-0.2, 0) is 6.54 Å². The van der Waals surface area contributed by atoms with Gasteiger partial charge in [-0.15, -0.1) is 0 Å². The summed E-state index contributed by atoms with van der Waals surface area (Å²) in [5, 5.41) is 3.19. The van der Waals surface area contributed by atoms with E-state index in [1.807, 2.05) is 6.07 Å². The van der Waals surface area contributed by atoms with Crippen LogP contribution in [0.15, 0.2) is 22.7 Å². The first-order valence-corrected chi connectivity index (χ1v) is 5.88. The van der Waals surface area contributed by atoms with Gasteiger partial charge in [-0.25, -0.2) is 4.39 Å². The summed E-state index contributed by atoms with van der Waals surface area (Å²) >= 11 is 3.22. The normalized spacial score (nSPS) is 10.6. The molecule has 0 fully saturated rings. The van der Waals surface area contributed by atoms with Crippen molar-refractivity contribution < 1.29 is 4.39 Å². The highest BCUT2D eigenvalue weighted by Gasteiger charge is 2.01. The van der Waals surface area contributed by atoms with E-state index in [0.717, 1.165) is 23.9 Å². The smallest absolute Gasteiger partial charge is 0.128 e. The van der Waals surface area contributed by atoms with Gasteiger partial charge < -0.3 is 11.1 Å². The lowest BCUT2D eigenvalue weighted by Crippen LogP contribution is -2.16. The minimum Gasteiger partial charge on any atom is -0.330 e. The molecular weight excluding hydrogens is 259 g/mol.